The third kappa shape index (κ3) is 3.70. The van der Waals surface area contributed by atoms with E-state index in [1.54, 1.807) is 0 Å². The second kappa shape index (κ2) is 5.51. The van der Waals surface area contributed by atoms with E-state index in [9.17, 15) is 8.42 Å². The molecule has 1 aliphatic heterocycles. The van der Waals surface area contributed by atoms with Crippen LogP contribution < -0.4 is 10.5 Å². The summed E-state index contributed by atoms with van der Waals surface area (Å²) in [6.45, 7) is 3.93. The highest BCUT2D eigenvalue weighted by molar-refractivity contribution is 7.91. The number of rotatable bonds is 4. The molecule has 1 heterocycles. The van der Waals surface area contributed by atoms with Crippen LogP contribution in [0, 0.1) is 6.92 Å². The van der Waals surface area contributed by atoms with Gasteiger partial charge in [-0.25, -0.2) is 8.42 Å². The van der Waals surface area contributed by atoms with Gasteiger partial charge < -0.3 is 10.5 Å². The van der Waals surface area contributed by atoms with Crippen molar-refractivity contribution in [2.24, 2.45) is 5.73 Å². The van der Waals surface area contributed by atoms with Crippen molar-refractivity contribution in [3.8, 4) is 5.75 Å². The Kier molecular flexibility index (Phi) is 4.16. The Hall–Kier alpha value is -1.07. The van der Waals surface area contributed by atoms with Gasteiger partial charge >= 0.3 is 0 Å². The van der Waals surface area contributed by atoms with Gasteiger partial charge in [0.1, 0.15) is 11.9 Å². The van der Waals surface area contributed by atoms with E-state index in [4.69, 9.17) is 10.5 Å². The van der Waals surface area contributed by atoms with Gasteiger partial charge in [0.15, 0.2) is 9.84 Å². The topological polar surface area (TPSA) is 69.4 Å². The summed E-state index contributed by atoms with van der Waals surface area (Å²) in [7, 11) is -2.91. The van der Waals surface area contributed by atoms with Crippen molar-refractivity contribution in [3.05, 3.63) is 29.3 Å². The fraction of sp³-hybridized carbons (Fsp3) is 0.571. The molecule has 0 aromatic heterocycles. The van der Waals surface area contributed by atoms with Crippen LogP contribution in [-0.4, -0.2) is 32.1 Å². The van der Waals surface area contributed by atoms with Crippen LogP contribution in [0.5, 0.6) is 5.75 Å². The first-order chi connectivity index (χ1) is 8.87. The lowest BCUT2D eigenvalue weighted by Gasteiger charge is -2.19. The average Bonchev–Trinajstić information content (AvgIpc) is 2.62. The Morgan fingerprint density at radius 2 is 2.21 bits per heavy atom. The van der Waals surface area contributed by atoms with Crippen molar-refractivity contribution in [1.82, 2.24) is 0 Å². The average molecular weight is 283 g/mol. The van der Waals surface area contributed by atoms with Gasteiger partial charge in [-0.2, -0.15) is 0 Å². The van der Waals surface area contributed by atoms with E-state index in [1.807, 2.05) is 32.0 Å². The normalized spacial score (nSPS) is 23.2. The number of nitrogens with two attached hydrogens (primary N) is 1. The number of ether oxygens (including phenoxy) is 1. The molecular formula is C14H21NO3S. The number of aryl methyl sites for hydroxylation is 1. The zero-order valence-corrected chi connectivity index (χ0v) is 12.2. The van der Waals surface area contributed by atoms with Gasteiger partial charge in [0.2, 0.25) is 0 Å². The maximum Gasteiger partial charge on any atom is 0.154 e. The van der Waals surface area contributed by atoms with E-state index < -0.39 is 9.84 Å². The molecule has 2 atom stereocenters. The van der Waals surface area contributed by atoms with Gasteiger partial charge in [0, 0.05) is 6.04 Å². The lowest BCUT2D eigenvalue weighted by atomic mass is 10.0. The summed E-state index contributed by atoms with van der Waals surface area (Å²) in [6, 6.07) is 6.00. The van der Waals surface area contributed by atoms with Crippen molar-refractivity contribution in [3.63, 3.8) is 0 Å². The van der Waals surface area contributed by atoms with Gasteiger partial charge in [0.25, 0.3) is 0 Å². The molecule has 1 saturated heterocycles. The number of hydrogen-bond donors (Lipinski definition) is 1. The third-order valence-electron chi connectivity index (χ3n) is 3.31. The first kappa shape index (κ1) is 14.3. The van der Waals surface area contributed by atoms with Gasteiger partial charge in [0.05, 0.1) is 11.5 Å². The fourth-order valence-corrected chi connectivity index (χ4v) is 4.00. The molecule has 2 N–H and O–H groups in total. The van der Waals surface area contributed by atoms with Crippen molar-refractivity contribution in [1.29, 1.82) is 0 Å². The summed E-state index contributed by atoms with van der Waals surface area (Å²) in [5.41, 5.74) is 7.93. The predicted octanol–water partition coefficient (Wildman–Crippen LogP) is 1.45. The molecular weight excluding hydrogens is 262 g/mol. The predicted molar refractivity (Wildman–Crippen MR) is 76.2 cm³/mol. The Bertz CT molecular complexity index is 552. The monoisotopic (exact) mass is 283 g/mol. The molecule has 19 heavy (non-hydrogen) atoms. The van der Waals surface area contributed by atoms with E-state index in [-0.39, 0.29) is 23.7 Å². The molecule has 0 bridgehead atoms. The van der Waals surface area contributed by atoms with Crippen LogP contribution in [0.25, 0.3) is 0 Å². The molecule has 2 unspecified atom stereocenters. The van der Waals surface area contributed by atoms with Crippen LogP contribution in [0.3, 0.4) is 0 Å². The molecule has 0 spiro atoms. The van der Waals surface area contributed by atoms with Crippen LogP contribution in [0.2, 0.25) is 0 Å². The van der Waals surface area contributed by atoms with Crippen molar-refractivity contribution < 1.29 is 13.2 Å². The summed E-state index contributed by atoms with van der Waals surface area (Å²) in [5.74, 6) is 1.16. The summed E-state index contributed by atoms with van der Waals surface area (Å²) < 4.78 is 28.9. The molecule has 1 aromatic carbocycles. The Morgan fingerprint density at radius 1 is 1.47 bits per heavy atom. The number of benzene rings is 1. The maximum absolute atomic E-state index is 11.5. The SMILES string of the molecule is Cc1cccc(CC(C)N)c1OC1CCS(=O)(=O)C1. The van der Waals surface area contributed by atoms with Crippen molar-refractivity contribution in [2.45, 2.75) is 38.8 Å². The minimum atomic E-state index is -2.91. The molecule has 0 saturated carbocycles. The highest BCUT2D eigenvalue weighted by Crippen LogP contribution is 2.28. The zero-order valence-electron chi connectivity index (χ0n) is 11.4. The van der Waals surface area contributed by atoms with E-state index in [1.165, 1.54) is 0 Å². The lowest BCUT2D eigenvalue weighted by molar-refractivity contribution is 0.225. The largest absolute Gasteiger partial charge is 0.489 e. The van der Waals surface area contributed by atoms with Crippen molar-refractivity contribution in [2.75, 3.05) is 11.5 Å². The molecule has 4 nitrogen and oxygen atoms in total. The van der Waals surface area contributed by atoms with Gasteiger partial charge in [-0.15, -0.1) is 0 Å². The van der Waals surface area contributed by atoms with E-state index in [2.05, 4.69) is 0 Å². The molecule has 5 heteroatoms. The number of sulfone groups is 1. The second-order valence-electron chi connectivity index (χ2n) is 5.39. The first-order valence-corrected chi connectivity index (χ1v) is 8.40. The van der Waals surface area contributed by atoms with Crippen LogP contribution >= 0.6 is 0 Å². The second-order valence-corrected chi connectivity index (χ2v) is 7.62. The van der Waals surface area contributed by atoms with Crippen LogP contribution in [0.4, 0.5) is 0 Å². The third-order valence-corrected chi connectivity index (χ3v) is 5.05. The van der Waals surface area contributed by atoms with E-state index in [0.29, 0.717) is 6.42 Å². The van der Waals surface area contributed by atoms with Gasteiger partial charge in [-0.05, 0) is 37.8 Å². The number of hydrogen-bond acceptors (Lipinski definition) is 4. The minimum Gasteiger partial charge on any atom is -0.489 e. The lowest BCUT2D eigenvalue weighted by Crippen LogP contribution is -2.22. The van der Waals surface area contributed by atoms with Gasteiger partial charge in [-0.3, -0.25) is 0 Å². The van der Waals surface area contributed by atoms with Crippen molar-refractivity contribution >= 4 is 9.84 Å². The Morgan fingerprint density at radius 3 is 2.79 bits per heavy atom. The molecule has 0 radical (unpaired) electrons. The smallest absolute Gasteiger partial charge is 0.154 e. The maximum atomic E-state index is 11.5. The quantitative estimate of drug-likeness (QED) is 0.908. The fourth-order valence-electron chi connectivity index (χ4n) is 2.41. The summed E-state index contributed by atoms with van der Waals surface area (Å²) in [4.78, 5) is 0. The highest BCUT2D eigenvalue weighted by atomic mass is 32.2. The summed E-state index contributed by atoms with van der Waals surface area (Å²) in [6.07, 6.45) is 1.09. The van der Waals surface area contributed by atoms with E-state index in [0.717, 1.165) is 23.3 Å². The highest BCUT2D eigenvalue weighted by Gasteiger charge is 2.30. The minimum absolute atomic E-state index is 0.0523. The summed E-state index contributed by atoms with van der Waals surface area (Å²) >= 11 is 0. The van der Waals surface area contributed by atoms with Crippen LogP contribution in [-0.2, 0) is 16.3 Å². The first-order valence-electron chi connectivity index (χ1n) is 6.58. The molecule has 1 aliphatic rings. The number of para-hydroxylation sites is 1. The van der Waals surface area contributed by atoms with Crippen LogP contribution in [0.15, 0.2) is 18.2 Å². The molecule has 106 valence electrons. The molecule has 2 rings (SSSR count). The molecule has 0 aliphatic carbocycles. The molecule has 0 amide bonds. The Balaban J connectivity index is 2.19. The Labute approximate surface area is 114 Å². The van der Waals surface area contributed by atoms with E-state index >= 15 is 0 Å². The molecule has 1 aromatic rings. The van der Waals surface area contributed by atoms with Crippen LogP contribution in [0.1, 0.15) is 24.5 Å². The zero-order chi connectivity index (χ0) is 14.0. The standard InChI is InChI=1S/C14H21NO3S/c1-10-4-3-5-12(8-11(2)15)14(10)18-13-6-7-19(16,17)9-13/h3-5,11,13H,6-9,15H2,1-2H3. The molecule has 1 fully saturated rings. The van der Waals surface area contributed by atoms with Gasteiger partial charge in [-0.1, -0.05) is 18.2 Å². The summed E-state index contributed by atoms with van der Waals surface area (Å²) in [5, 5.41) is 0.